The highest BCUT2D eigenvalue weighted by atomic mass is 16.2. The highest BCUT2D eigenvalue weighted by Gasteiger charge is 2.24. The fourth-order valence-corrected chi connectivity index (χ4v) is 2.01. The van der Waals surface area contributed by atoms with E-state index < -0.39 is 0 Å². The van der Waals surface area contributed by atoms with Crippen LogP contribution in [0.25, 0.3) is 0 Å². The van der Waals surface area contributed by atoms with Gasteiger partial charge in [-0.3, -0.25) is 9.59 Å². The molecule has 0 aromatic carbocycles. The number of hydrogen-bond donors (Lipinski definition) is 2. The lowest BCUT2D eigenvalue weighted by Gasteiger charge is -2.24. The molecule has 4 heteroatoms. The van der Waals surface area contributed by atoms with E-state index in [1.54, 1.807) is 0 Å². The zero-order valence-electron chi connectivity index (χ0n) is 8.66. The van der Waals surface area contributed by atoms with Gasteiger partial charge < -0.3 is 10.6 Å². The molecule has 0 saturated carbocycles. The van der Waals surface area contributed by atoms with Gasteiger partial charge in [0, 0.05) is 24.9 Å². The van der Waals surface area contributed by atoms with Crippen molar-refractivity contribution in [3.63, 3.8) is 0 Å². The van der Waals surface area contributed by atoms with E-state index in [4.69, 9.17) is 0 Å². The molecule has 2 aliphatic rings. The Morgan fingerprint density at radius 3 is 2.73 bits per heavy atom. The number of carbonyl (C=O) groups excluding carboxylic acids is 2. The summed E-state index contributed by atoms with van der Waals surface area (Å²) in [5.74, 6) is 0.326. The number of carbonyl (C=O) groups is 2. The predicted octanol–water partition coefficient (Wildman–Crippen LogP) is 0.347. The van der Waals surface area contributed by atoms with E-state index in [9.17, 15) is 9.59 Å². The molecule has 0 aromatic rings. The molecule has 1 aliphatic heterocycles. The summed E-state index contributed by atoms with van der Waals surface area (Å²) in [5, 5.41) is 5.75. The van der Waals surface area contributed by atoms with Crippen molar-refractivity contribution >= 4 is 11.8 Å². The van der Waals surface area contributed by atoms with Crippen LogP contribution in [0.2, 0.25) is 0 Å². The zero-order chi connectivity index (χ0) is 10.7. The SMILES string of the molecule is O=C1CCC(NC(=O)C2CC=CC2)CN1. The minimum absolute atomic E-state index is 0.0861. The predicted molar refractivity (Wildman–Crippen MR) is 56.0 cm³/mol. The smallest absolute Gasteiger partial charge is 0.224 e. The number of amides is 2. The number of rotatable bonds is 2. The molecule has 1 unspecified atom stereocenters. The van der Waals surface area contributed by atoms with Crippen LogP contribution in [0.3, 0.4) is 0 Å². The Hall–Kier alpha value is -1.32. The molecular formula is C11H16N2O2. The first kappa shape index (κ1) is 10.2. The van der Waals surface area contributed by atoms with Gasteiger partial charge in [-0.15, -0.1) is 0 Å². The van der Waals surface area contributed by atoms with Gasteiger partial charge in [0.25, 0.3) is 0 Å². The maximum Gasteiger partial charge on any atom is 0.224 e. The average molecular weight is 208 g/mol. The lowest BCUT2D eigenvalue weighted by atomic mass is 10.0. The third-order valence-electron chi connectivity index (χ3n) is 2.99. The van der Waals surface area contributed by atoms with Gasteiger partial charge in [0.15, 0.2) is 0 Å². The molecule has 0 radical (unpaired) electrons. The van der Waals surface area contributed by atoms with Crippen molar-refractivity contribution in [1.82, 2.24) is 10.6 Å². The van der Waals surface area contributed by atoms with Crippen molar-refractivity contribution in [2.45, 2.75) is 31.7 Å². The summed E-state index contributed by atoms with van der Waals surface area (Å²) in [4.78, 5) is 22.6. The van der Waals surface area contributed by atoms with Crippen LogP contribution in [-0.2, 0) is 9.59 Å². The zero-order valence-corrected chi connectivity index (χ0v) is 8.66. The van der Waals surface area contributed by atoms with Crippen molar-refractivity contribution in [3.05, 3.63) is 12.2 Å². The molecule has 0 bridgehead atoms. The van der Waals surface area contributed by atoms with Crippen molar-refractivity contribution in [2.75, 3.05) is 6.54 Å². The van der Waals surface area contributed by atoms with Crippen molar-refractivity contribution < 1.29 is 9.59 Å². The van der Waals surface area contributed by atoms with Crippen LogP contribution in [0, 0.1) is 5.92 Å². The number of hydrogen-bond acceptors (Lipinski definition) is 2. The summed E-state index contributed by atoms with van der Waals surface area (Å²) < 4.78 is 0. The molecule has 82 valence electrons. The molecule has 1 fully saturated rings. The van der Waals surface area contributed by atoms with Gasteiger partial charge in [0.05, 0.1) is 0 Å². The first-order valence-corrected chi connectivity index (χ1v) is 5.48. The molecule has 1 heterocycles. The molecule has 4 nitrogen and oxygen atoms in total. The lowest BCUT2D eigenvalue weighted by Crippen LogP contribution is -2.49. The molecule has 1 saturated heterocycles. The molecule has 0 spiro atoms. The van der Waals surface area contributed by atoms with E-state index in [-0.39, 0.29) is 23.8 Å². The second-order valence-electron chi connectivity index (χ2n) is 4.19. The van der Waals surface area contributed by atoms with Crippen LogP contribution in [0.4, 0.5) is 0 Å². The highest BCUT2D eigenvalue weighted by molar-refractivity contribution is 5.81. The highest BCUT2D eigenvalue weighted by Crippen LogP contribution is 2.18. The fourth-order valence-electron chi connectivity index (χ4n) is 2.01. The Morgan fingerprint density at radius 1 is 1.40 bits per heavy atom. The lowest BCUT2D eigenvalue weighted by molar-refractivity contribution is -0.127. The van der Waals surface area contributed by atoms with Crippen LogP contribution < -0.4 is 10.6 Å². The van der Waals surface area contributed by atoms with E-state index in [2.05, 4.69) is 10.6 Å². The van der Waals surface area contributed by atoms with E-state index in [1.165, 1.54) is 0 Å². The summed E-state index contributed by atoms with van der Waals surface area (Å²) >= 11 is 0. The van der Waals surface area contributed by atoms with Crippen molar-refractivity contribution in [1.29, 1.82) is 0 Å². The number of allylic oxidation sites excluding steroid dienone is 2. The van der Waals surface area contributed by atoms with Gasteiger partial charge in [-0.1, -0.05) is 12.2 Å². The standard InChI is InChI=1S/C11H16N2O2/c14-10-6-5-9(7-12-10)13-11(15)8-3-1-2-4-8/h1-2,8-9H,3-7H2,(H,12,14)(H,13,15). The molecular weight excluding hydrogens is 192 g/mol. The van der Waals surface area contributed by atoms with Crippen LogP contribution in [0.5, 0.6) is 0 Å². The van der Waals surface area contributed by atoms with Crippen LogP contribution in [-0.4, -0.2) is 24.4 Å². The van der Waals surface area contributed by atoms with Crippen molar-refractivity contribution in [2.24, 2.45) is 5.92 Å². The summed E-state index contributed by atoms with van der Waals surface area (Å²) in [6, 6.07) is 0.121. The Balaban J connectivity index is 1.76. The summed E-state index contributed by atoms with van der Waals surface area (Å²) in [7, 11) is 0. The van der Waals surface area contributed by atoms with Crippen LogP contribution >= 0.6 is 0 Å². The molecule has 1 atom stereocenters. The summed E-state index contributed by atoms with van der Waals surface area (Å²) in [6.07, 6.45) is 7.08. The van der Waals surface area contributed by atoms with E-state index >= 15 is 0 Å². The molecule has 2 rings (SSSR count). The van der Waals surface area contributed by atoms with Gasteiger partial charge in [-0.2, -0.15) is 0 Å². The second-order valence-corrected chi connectivity index (χ2v) is 4.19. The Bertz CT molecular complexity index is 281. The quantitative estimate of drug-likeness (QED) is 0.643. The van der Waals surface area contributed by atoms with Gasteiger partial charge in [0.2, 0.25) is 11.8 Å². The van der Waals surface area contributed by atoms with Gasteiger partial charge in [-0.05, 0) is 19.3 Å². The Morgan fingerprint density at radius 2 is 2.13 bits per heavy atom. The fraction of sp³-hybridized carbons (Fsp3) is 0.636. The first-order valence-electron chi connectivity index (χ1n) is 5.48. The molecule has 2 N–H and O–H groups in total. The minimum Gasteiger partial charge on any atom is -0.354 e. The van der Waals surface area contributed by atoms with Gasteiger partial charge in [-0.25, -0.2) is 0 Å². The number of piperidine rings is 1. The summed E-state index contributed by atoms with van der Waals surface area (Å²) in [5.41, 5.74) is 0. The largest absolute Gasteiger partial charge is 0.354 e. The van der Waals surface area contributed by atoms with E-state index in [1.807, 2.05) is 12.2 Å². The Labute approximate surface area is 89.1 Å². The van der Waals surface area contributed by atoms with Crippen LogP contribution in [0.15, 0.2) is 12.2 Å². The first-order chi connectivity index (χ1) is 7.25. The van der Waals surface area contributed by atoms with Crippen LogP contribution in [0.1, 0.15) is 25.7 Å². The summed E-state index contributed by atoms with van der Waals surface area (Å²) in [6.45, 7) is 0.574. The molecule has 2 amide bonds. The van der Waals surface area contributed by atoms with Crippen molar-refractivity contribution in [3.8, 4) is 0 Å². The third-order valence-corrected chi connectivity index (χ3v) is 2.99. The van der Waals surface area contributed by atoms with E-state index in [0.29, 0.717) is 13.0 Å². The number of nitrogens with one attached hydrogen (secondary N) is 2. The molecule has 0 aromatic heterocycles. The third kappa shape index (κ3) is 2.58. The normalized spacial score (nSPS) is 26.4. The maximum absolute atomic E-state index is 11.7. The maximum atomic E-state index is 11.7. The minimum atomic E-state index is 0.0861. The topological polar surface area (TPSA) is 58.2 Å². The average Bonchev–Trinajstić information content (AvgIpc) is 2.74. The second kappa shape index (κ2) is 4.47. The Kier molecular flexibility index (Phi) is 3.04. The van der Waals surface area contributed by atoms with Gasteiger partial charge >= 0.3 is 0 Å². The molecule has 15 heavy (non-hydrogen) atoms. The van der Waals surface area contributed by atoms with E-state index in [0.717, 1.165) is 19.3 Å². The monoisotopic (exact) mass is 208 g/mol. The van der Waals surface area contributed by atoms with Gasteiger partial charge in [0.1, 0.15) is 0 Å². The molecule has 1 aliphatic carbocycles.